The Morgan fingerprint density at radius 3 is 2.13 bits per heavy atom. The highest BCUT2D eigenvalue weighted by atomic mass is 16.8. The average molecular weight is 538 g/mol. The first-order valence-corrected chi connectivity index (χ1v) is 12.8. The monoisotopic (exact) mass is 537 g/mol. The smallest absolute Gasteiger partial charge is 0.279 e. The molecule has 10 nitrogen and oxygen atoms in total. The van der Waals surface area contributed by atoms with Crippen LogP contribution in [0.1, 0.15) is 59.2 Å². The quantitative estimate of drug-likeness (QED) is 0.215. The molecule has 1 aliphatic rings. The summed E-state index contributed by atoms with van der Waals surface area (Å²) in [6.07, 6.45) is 1.81. The Morgan fingerprint density at radius 1 is 1.03 bits per heavy atom. The molecule has 10 heteroatoms. The topological polar surface area (TPSA) is 137 Å². The number of likely N-dealkylation sites (N-methyl/N-ethyl adjacent to an activating group) is 2. The fourth-order valence-corrected chi connectivity index (χ4v) is 4.02. The molecule has 4 N–H and O–H groups in total. The fourth-order valence-electron chi connectivity index (χ4n) is 4.02. The molecule has 3 rings (SSSR count). The summed E-state index contributed by atoms with van der Waals surface area (Å²) in [6.45, 7) is 1.59. The Labute approximate surface area is 228 Å². The van der Waals surface area contributed by atoms with Crippen LogP contribution in [0.3, 0.4) is 0 Å². The van der Waals surface area contributed by atoms with E-state index in [9.17, 15) is 24.6 Å². The highest BCUT2D eigenvalue weighted by Crippen LogP contribution is 2.20. The number of carbonyl (C=O) groups is 3. The molecule has 2 atom stereocenters. The van der Waals surface area contributed by atoms with E-state index in [0.29, 0.717) is 18.6 Å². The van der Waals surface area contributed by atoms with Gasteiger partial charge in [0.25, 0.3) is 17.7 Å². The molecular weight excluding hydrogens is 502 g/mol. The first-order valence-electron chi connectivity index (χ1n) is 12.8. The van der Waals surface area contributed by atoms with E-state index in [2.05, 4.69) is 22.6 Å². The van der Waals surface area contributed by atoms with Crippen molar-refractivity contribution in [2.24, 2.45) is 0 Å². The normalized spacial score (nSPS) is 16.4. The van der Waals surface area contributed by atoms with Gasteiger partial charge in [-0.3, -0.25) is 14.4 Å². The lowest BCUT2D eigenvalue weighted by atomic mass is 9.96. The number of hydrogen-bond acceptors (Lipinski definition) is 7. The molecule has 3 amide bonds. The summed E-state index contributed by atoms with van der Waals surface area (Å²) in [5, 5.41) is 21.1. The second-order valence-corrected chi connectivity index (χ2v) is 9.37. The highest BCUT2D eigenvalue weighted by Gasteiger charge is 2.47. The van der Waals surface area contributed by atoms with Gasteiger partial charge in [0, 0.05) is 49.7 Å². The van der Waals surface area contributed by atoms with Gasteiger partial charge in [0.05, 0.1) is 13.2 Å². The third kappa shape index (κ3) is 7.22. The molecule has 0 radical (unpaired) electrons. The summed E-state index contributed by atoms with van der Waals surface area (Å²) in [5.41, 5.74) is 2.90. The van der Waals surface area contributed by atoms with Gasteiger partial charge in [-0.05, 0) is 61.7 Å². The third-order valence-electron chi connectivity index (χ3n) is 6.81. The first kappa shape index (κ1) is 29.8. The Hall–Kier alpha value is -3.75. The predicted molar refractivity (Wildman–Crippen MR) is 143 cm³/mol. The number of hydrogen-bond donors (Lipinski definition) is 4. The van der Waals surface area contributed by atoms with Crippen LogP contribution in [0.15, 0.2) is 48.5 Å². The molecule has 1 saturated heterocycles. The maximum atomic E-state index is 13.3. The number of rotatable bonds is 9. The van der Waals surface area contributed by atoms with Crippen LogP contribution >= 0.6 is 0 Å². The summed E-state index contributed by atoms with van der Waals surface area (Å²) < 4.78 is 5.44. The van der Waals surface area contributed by atoms with Crippen molar-refractivity contribution in [3.05, 3.63) is 70.8 Å². The van der Waals surface area contributed by atoms with Gasteiger partial charge in [0.1, 0.15) is 0 Å². The van der Waals surface area contributed by atoms with Crippen LogP contribution in [-0.2, 0) is 19.2 Å². The number of aliphatic hydroxyl groups excluding tert-OH is 2. The lowest BCUT2D eigenvalue weighted by Crippen LogP contribution is -2.65. The van der Waals surface area contributed by atoms with Gasteiger partial charge >= 0.3 is 0 Å². The summed E-state index contributed by atoms with van der Waals surface area (Å²) in [7, 11) is 2.76. The standard InChI is InChI=1S/C29H35N3O7/c1-29(27(36)30-2,28(37)31-39-25-6-4-5-17-38-25)32(3)26(35)23-15-11-21(12-16-23)8-7-20-9-13-22(14-10-20)24(18-33)19-34/h9-16,24-25,33-34H,4-6,17-19H2,1-3H3,(H,30,36)(H,31,37). The molecule has 0 aromatic heterocycles. The first-order chi connectivity index (χ1) is 18.7. The number of benzene rings is 2. The summed E-state index contributed by atoms with van der Waals surface area (Å²) in [6, 6.07) is 13.7. The van der Waals surface area contributed by atoms with E-state index >= 15 is 0 Å². The molecule has 0 bridgehead atoms. The Morgan fingerprint density at radius 2 is 1.62 bits per heavy atom. The minimum Gasteiger partial charge on any atom is -0.396 e. The van der Waals surface area contributed by atoms with Crippen molar-refractivity contribution in [1.29, 1.82) is 0 Å². The van der Waals surface area contributed by atoms with Crippen molar-refractivity contribution < 1.29 is 34.2 Å². The molecule has 0 aliphatic carbocycles. The largest absolute Gasteiger partial charge is 0.396 e. The van der Waals surface area contributed by atoms with E-state index in [0.717, 1.165) is 28.9 Å². The van der Waals surface area contributed by atoms with E-state index < -0.39 is 29.6 Å². The molecule has 2 aromatic carbocycles. The van der Waals surface area contributed by atoms with Gasteiger partial charge in [-0.2, -0.15) is 0 Å². The number of carbonyl (C=O) groups excluding carboxylic acids is 3. The Bertz CT molecular complexity index is 1190. The number of hydroxylamine groups is 1. The maximum absolute atomic E-state index is 13.3. The van der Waals surface area contributed by atoms with Crippen LogP contribution in [0.25, 0.3) is 0 Å². The van der Waals surface area contributed by atoms with Crippen LogP contribution in [0, 0.1) is 11.8 Å². The molecule has 2 aromatic rings. The minimum absolute atomic E-state index is 0.141. The molecule has 0 saturated carbocycles. The van der Waals surface area contributed by atoms with Gasteiger partial charge in [-0.15, -0.1) is 0 Å². The fraction of sp³-hybridized carbons (Fsp3) is 0.414. The molecule has 39 heavy (non-hydrogen) atoms. The summed E-state index contributed by atoms with van der Waals surface area (Å²) in [5.74, 6) is 3.72. The van der Waals surface area contributed by atoms with Crippen LogP contribution in [0.2, 0.25) is 0 Å². The number of nitrogens with zero attached hydrogens (tertiary/aromatic N) is 1. The van der Waals surface area contributed by atoms with E-state index in [4.69, 9.17) is 9.57 Å². The summed E-state index contributed by atoms with van der Waals surface area (Å²) in [4.78, 5) is 45.5. The van der Waals surface area contributed by atoms with Crippen molar-refractivity contribution >= 4 is 17.7 Å². The Kier molecular flexibility index (Phi) is 10.6. The molecule has 208 valence electrons. The lowest BCUT2D eigenvalue weighted by Gasteiger charge is -2.36. The van der Waals surface area contributed by atoms with Crippen molar-refractivity contribution in [3.63, 3.8) is 0 Å². The molecule has 1 fully saturated rings. The molecule has 0 spiro atoms. The number of aliphatic hydroxyl groups is 2. The minimum atomic E-state index is -1.89. The van der Waals surface area contributed by atoms with Crippen LogP contribution < -0.4 is 10.8 Å². The maximum Gasteiger partial charge on any atom is 0.279 e. The zero-order valence-electron chi connectivity index (χ0n) is 22.4. The average Bonchev–Trinajstić information content (AvgIpc) is 2.99. The number of ether oxygens (including phenoxy) is 1. The van der Waals surface area contributed by atoms with Crippen molar-refractivity contribution in [3.8, 4) is 11.8 Å². The predicted octanol–water partition coefficient (Wildman–Crippen LogP) is 1.31. The molecule has 2 unspecified atom stereocenters. The van der Waals surface area contributed by atoms with Crippen molar-refractivity contribution in [1.82, 2.24) is 15.7 Å². The molecule has 1 aliphatic heterocycles. The van der Waals surface area contributed by atoms with Crippen LogP contribution in [0.5, 0.6) is 0 Å². The number of amides is 3. The lowest BCUT2D eigenvalue weighted by molar-refractivity contribution is -0.204. The van der Waals surface area contributed by atoms with E-state index in [1.54, 1.807) is 24.3 Å². The molecular formula is C29H35N3O7. The molecule has 1 heterocycles. The second kappa shape index (κ2) is 13.9. The highest BCUT2D eigenvalue weighted by molar-refractivity contribution is 6.12. The van der Waals surface area contributed by atoms with Gasteiger partial charge in [-0.25, -0.2) is 10.3 Å². The third-order valence-corrected chi connectivity index (χ3v) is 6.81. The van der Waals surface area contributed by atoms with Crippen LogP contribution in [-0.4, -0.2) is 78.6 Å². The van der Waals surface area contributed by atoms with E-state index in [1.165, 1.54) is 21.0 Å². The second-order valence-electron chi connectivity index (χ2n) is 9.37. The Balaban J connectivity index is 1.70. The van der Waals surface area contributed by atoms with Crippen molar-refractivity contribution in [2.75, 3.05) is 33.9 Å². The van der Waals surface area contributed by atoms with Gasteiger partial charge < -0.3 is 25.2 Å². The van der Waals surface area contributed by atoms with E-state index in [1.807, 2.05) is 24.3 Å². The van der Waals surface area contributed by atoms with E-state index in [-0.39, 0.29) is 24.7 Å². The number of nitrogens with one attached hydrogen (secondary N) is 2. The van der Waals surface area contributed by atoms with Gasteiger partial charge in [0.2, 0.25) is 0 Å². The van der Waals surface area contributed by atoms with Gasteiger partial charge in [-0.1, -0.05) is 24.0 Å². The van der Waals surface area contributed by atoms with Crippen molar-refractivity contribution in [2.45, 2.75) is 43.9 Å². The van der Waals surface area contributed by atoms with Crippen LogP contribution in [0.4, 0.5) is 0 Å². The zero-order valence-corrected chi connectivity index (χ0v) is 22.4. The summed E-state index contributed by atoms with van der Waals surface area (Å²) >= 11 is 0. The van der Waals surface area contributed by atoms with Gasteiger partial charge in [0.15, 0.2) is 11.8 Å². The zero-order chi connectivity index (χ0) is 28.4. The SMILES string of the molecule is CNC(=O)C(C)(C(=O)NOC1CCCCO1)N(C)C(=O)c1ccc(C#Cc2ccc(C(CO)CO)cc2)cc1.